The molecule has 0 aliphatic rings. The van der Waals surface area contributed by atoms with Crippen LogP contribution in [0.15, 0.2) is 11.8 Å². The Labute approximate surface area is 49.8 Å². The van der Waals surface area contributed by atoms with Crippen LogP contribution in [-0.2, 0) is 4.74 Å². The van der Waals surface area contributed by atoms with Gasteiger partial charge in [-0.2, -0.15) is 0 Å². The molecule has 2 nitrogen and oxygen atoms in total. The van der Waals surface area contributed by atoms with Crippen molar-refractivity contribution in [3.05, 3.63) is 11.8 Å². The molecule has 0 saturated heterocycles. The van der Waals surface area contributed by atoms with E-state index in [1.165, 1.54) is 0 Å². The average Bonchev–Trinajstić information content (AvgIpc) is 1.69. The molecule has 48 valence electrons. The fourth-order valence-electron chi connectivity index (χ4n) is 0.530. The molecular formula is C6H12O2. The number of allylic oxidation sites excluding steroid dienone is 1. The first-order valence-electron chi connectivity index (χ1n) is 2.60. The SMILES string of the molecule is C/C=C(/OC)C(C)O. The second-order valence-electron chi connectivity index (χ2n) is 1.57. The van der Waals surface area contributed by atoms with E-state index < -0.39 is 6.10 Å². The fraction of sp³-hybridized carbons (Fsp3) is 0.667. The van der Waals surface area contributed by atoms with Crippen LogP contribution < -0.4 is 0 Å². The zero-order valence-corrected chi connectivity index (χ0v) is 5.51. The van der Waals surface area contributed by atoms with E-state index in [4.69, 9.17) is 9.84 Å². The third-order valence-corrected chi connectivity index (χ3v) is 0.932. The van der Waals surface area contributed by atoms with Gasteiger partial charge in [-0.1, -0.05) is 0 Å². The topological polar surface area (TPSA) is 29.5 Å². The molecule has 2 heteroatoms. The molecule has 0 aliphatic carbocycles. The predicted octanol–water partition coefficient (Wildman–Crippen LogP) is 0.917. The molecular weight excluding hydrogens is 104 g/mol. The van der Waals surface area contributed by atoms with Gasteiger partial charge in [-0.05, 0) is 19.9 Å². The van der Waals surface area contributed by atoms with Crippen molar-refractivity contribution in [1.82, 2.24) is 0 Å². The summed E-state index contributed by atoms with van der Waals surface area (Å²) in [6.07, 6.45) is 1.26. The van der Waals surface area contributed by atoms with E-state index in [1.54, 1.807) is 20.1 Å². The summed E-state index contributed by atoms with van der Waals surface area (Å²) in [4.78, 5) is 0. The molecule has 0 aromatic rings. The molecule has 0 fully saturated rings. The minimum absolute atomic E-state index is 0.481. The van der Waals surface area contributed by atoms with E-state index in [-0.39, 0.29) is 0 Å². The molecule has 0 heterocycles. The van der Waals surface area contributed by atoms with Gasteiger partial charge in [0, 0.05) is 0 Å². The van der Waals surface area contributed by atoms with Gasteiger partial charge in [0.25, 0.3) is 0 Å². The lowest BCUT2D eigenvalue weighted by molar-refractivity contribution is 0.141. The number of aliphatic hydroxyl groups is 1. The highest BCUT2D eigenvalue weighted by Crippen LogP contribution is 1.99. The van der Waals surface area contributed by atoms with Gasteiger partial charge < -0.3 is 9.84 Å². The van der Waals surface area contributed by atoms with Crippen molar-refractivity contribution in [3.8, 4) is 0 Å². The number of hydrogen-bond donors (Lipinski definition) is 1. The van der Waals surface area contributed by atoms with Gasteiger partial charge in [-0.3, -0.25) is 0 Å². The van der Waals surface area contributed by atoms with Crippen LogP contribution in [0.3, 0.4) is 0 Å². The summed E-state index contributed by atoms with van der Waals surface area (Å²) in [6.45, 7) is 3.49. The summed E-state index contributed by atoms with van der Waals surface area (Å²) in [5, 5.41) is 8.82. The molecule has 0 rings (SSSR count). The van der Waals surface area contributed by atoms with Crippen molar-refractivity contribution in [2.45, 2.75) is 20.0 Å². The Kier molecular flexibility index (Phi) is 3.28. The standard InChI is InChI=1S/C6H12O2/c1-4-6(8-3)5(2)7/h4-5,7H,1-3H3/b6-4+. The van der Waals surface area contributed by atoms with Gasteiger partial charge in [0.2, 0.25) is 0 Å². The first-order chi connectivity index (χ1) is 3.72. The normalized spacial score (nSPS) is 15.8. The average molecular weight is 116 g/mol. The highest BCUT2D eigenvalue weighted by Gasteiger charge is 1.99. The highest BCUT2D eigenvalue weighted by atomic mass is 16.5. The van der Waals surface area contributed by atoms with E-state index in [1.807, 2.05) is 6.92 Å². The van der Waals surface area contributed by atoms with Crippen LogP contribution in [0.2, 0.25) is 0 Å². The van der Waals surface area contributed by atoms with Crippen molar-refractivity contribution in [1.29, 1.82) is 0 Å². The van der Waals surface area contributed by atoms with Gasteiger partial charge in [-0.15, -0.1) is 0 Å². The van der Waals surface area contributed by atoms with E-state index >= 15 is 0 Å². The van der Waals surface area contributed by atoms with Crippen LogP contribution in [0.1, 0.15) is 13.8 Å². The van der Waals surface area contributed by atoms with Crippen molar-refractivity contribution in [3.63, 3.8) is 0 Å². The molecule has 1 atom stereocenters. The van der Waals surface area contributed by atoms with Crippen molar-refractivity contribution >= 4 is 0 Å². The number of methoxy groups -OCH3 is 1. The molecule has 0 aromatic heterocycles. The fourth-order valence-corrected chi connectivity index (χ4v) is 0.530. The van der Waals surface area contributed by atoms with Gasteiger partial charge in [-0.25, -0.2) is 0 Å². The Morgan fingerprint density at radius 2 is 2.25 bits per heavy atom. The number of hydrogen-bond acceptors (Lipinski definition) is 2. The summed E-state index contributed by atoms with van der Waals surface area (Å²) < 4.78 is 4.77. The molecule has 0 saturated carbocycles. The maximum atomic E-state index is 8.82. The third kappa shape index (κ3) is 1.98. The molecule has 0 bridgehead atoms. The summed E-state index contributed by atoms with van der Waals surface area (Å²) in [7, 11) is 1.54. The molecule has 8 heavy (non-hydrogen) atoms. The lowest BCUT2D eigenvalue weighted by Crippen LogP contribution is -2.05. The molecule has 0 amide bonds. The summed E-state index contributed by atoms with van der Waals surface area (Å²) in [5.74, 6) is 0.616. The van der Waals surface area contributed by atoms with Crippen molar-refractivity contribution < 1.29 is 9.84 Å². The van der Waals surface area contributed by atoms with Crippen LogP contribution in [-0.4, -0.2) is 18.3 Å². The number of aliphatic hydroxyl groups excluding tert-OH is 1. The minimum atomic E-state index is -0.481. The monoisotopic (exact) mass is 116 g/mol. The Balaban J connectivity index is 3.72. The zero-order valence-electron chi connectivity index (χ0n) is 5.51. The smallest absolute Gasteiger partial charge is 0.119 e. The maximum absolute atomic E-state index is 8.82. The van der Waals surface area contributed by atoms with Crippen LogP contribution >= 0.6 is 0 Å². The summed E-state index contributed by atoms with van der Waals surface area (Å²) >= 11 is 0. The predicted molar refractivity (Wildman–Crippen MR) is 32.4 cm³/mol. The Bertz CT molecular complexity index is 84.5. The largest absolute Gasteiger partial charge is 0.499 e. The molecule has 0 aromatic carbocycles. The minimum Gasteiger partial charge on any atom is -0.499 e. The summed E-state index contributed by atoms with van der Waals surface area (Å²) in [5.41, 5.74) is 0. The second-order valence-corrected chi connectivity index (χ2v) is 1.57. The van der Waals surface area contributed by atoms with Crippen molar-refractivity contribution in [2.24, 2.45) is 0 Å². The molecule has 0 spiro atoms. The third-order valence-electron chi connectivity index (χ3n) is 0.932. The van der Waals surface area contributed by atoms with E-state index in [0.29, 0.717) is 5.76 Å². The second kappa shape index (κ2) is 3.50. The first kappa shape index (κ1) is 7.50. The van der Waals surface area contributed by atoms with E-state index in [9.17, 15) is 0 Å². The van der Waals surface area contributed by atoms with Crippen LogP contribution in [0.4, 0.5) is 0 Å². The first-order valence-corrected chi connectivity index (χ1v) is 2.60. The molecule has 1 N–H and O–H groups in total. The van der Waals surface area contributed by atoms with Crippen LogP contribution in [0.5, 0.6) is 0 Å². The molecule has 1 unspecified atom stereocenters. The van der Waals surface area contributed by atoms with Gasteiger partial charge in [0.15, 0.2) is 0 Å². The van der Waals surface area contributed by atoms with Crippen LogP contribution in [0.25, 0.3) is 0 Å². The van der Waals surface area contributed by atoms with Gasteiger partial charge in [0.05, 0.1) is 7.11 Å². The Morgan fingerprint density at radius 1 is 1.75 bits per heavy atom. The van der Waals surface area contributed by atoms with E-state index in [0.717, 1.165) is 0 Å². The molecule has 0 radical (unpaired) electrons. The van der Waals surface area contributed by atoms with Crippen LogP contribution in [0, 0.1) is 0 Å². The van der Waals surface area contributed by atoms with E-state index in [2.05, 4.69) is 0 Å². The van der Waals surface area contributed by atoms with Crippen molar-refractivity contribution in [2.75, 3.05) is 7.11 Å². The Morgan fingerprint density at radius 3 is 2.25 bits per heavy atom. The Hall–Kier alpha value is -0.500. The summed E-state index contributed by atoms with van der Waals surface area (Å²) in [6, 6.07) is 0. The number of rotatable bonds is 2. The number of ether oxygens (including phenoxy) is 1. The maximum Gasteiger partial charge on any atom is 0.119 e. The van der Waals surface area contributed by atoms with Gasteiger partial charge in [0.1, 0.15) is 11.9 Å². The molecule has 0 aliphatic heterocycles. The van der Waals surface area contributed by atoms with Gasteiger partial charge >= 0.3 is 0 Å². The zero-order chi connectivity index (χ0) is 6.57. The lowest BCUT2D eigenvalue weighted by Gasteiger charge is -2.06. The lowest BCUT2D eigenvalue weighted by atomic mass is 10.3. The highest BCUT2D eigenvalue weighted by molar-refractivity contribution is 4.94. The quantitative estimate of drug-likeness (QED) is 0.543.